The number of rotatable bonds is 6. The quantitative estimate of drug-likeness (QED) is 0.843. The third kappa shape index (κ3) is 3.48. The van der Waals surface area contributed by atoms with E-state index in [0.717, 1.165) is 24.3 Å². The van der Waals surface area contributed by atoms with Gasteiger partial charge in [-0.2, -0.15) is 11.8 Å². The lowest BCUT2D eigenvalue weighted by Gasteiger charge is -2.27. The molecular weight excluding hydrogens is 268 g/mol. The van der Waals surface area contributed by atoms with Gasteiger partial charge >= 0.3 is 0 Å². The Balaban J connectivity index is 2.01. The maximum atomic E-state index is 12.4. The molecule has 0 saturated heterocycles. The van der Waals surface area contributed by atoms with Crippen molar-refractivity contribution in [3.8, 4) is 0 Å². The number of hydrogen-bond donors (Lipinski definition) is 2. The lowest BCUT2D eigenvalue weighted by atomic mass is 10.1. The SMILES string of the molecule is CCNc1ccccc1C(=O)NCC1(SC)CCCC1. The zero-order valence-electron chi connectivity index (χ0n) is 12.4. The Bertz CT molecular complexity index is 456. The lowest BCUT2D eigenvalue weighted by molar-refractivity contribution is 0.0950. The Hall–Kier alpha value is -1.16. The highest BCUT2D eigenvalue weighted by molar-refractivity contribution is 8.00. The zero-order chi connectivity index (χ0) is 14.4. The van der Waals surface area contributed by atoms with Crippen LogP contribution in [0.15, 0.2) is 24.3 Å². The summed E-state index contributed by atoms with van der Waals surface area (Å²) in [7, 11) is 0. The Kier molecular flexibility index (Phi) is 5.35. The Labute approximate surface area is 125 Å². The molecule has 0 spiro atoms. The molecule has 4 heteroatoms. The average Bonchev–Trinajstić information content (AvgIpc) is 2.95. The van der Waals surface area contributed by atoms with Gasteiger partial charge in [-0.05, 0) is 38.2 Å². The molecular formula is C16H24N2OS. The van der Waals surface area contributed by atoms with Gasteiger partial charge in [0.25, 0.3) is 5.91 Å². The van der Waals surface area contributed by atoms with Crippen LogP contribution < -0.4 is 10.6 Å². The van der Waals surface area contributed by atoms with Crippen LogP contribution in [-0.4, -0.2) is 30.0 Å². The highest BCUT2D eigenvalue weighted by Gasteiger charge is 2.33. The molecule has 1 amide bonds. The van der Waals surface area contributed by atoms with E-state index < -0.39 is 0 Å². The number of carbonyl (C=O) groups is 1. The molecule has 0 bridgehead atoms. The minimum atomic E-state index is 0.0295. The second kappa shape index (κ2) is 7.02. The predicted molar refractivity (Wildman–Crippen MR) is 87.7 cm³/mol. The second-order valence-electron chi connectivity index (χ2n) is 5.35. The van der Waals surface area contributed by atoms with Crippen molar-refractivity contribution in [1.29, 1.82) is 0 Å². The van der Waals surface area contributed by atoms with Gasteiger partial charge in [0, 0.05) is 23.5 Å². The molecule has 1 aromatic carbocycles. The minimum absolute atomic E-state index is 0.0295. The molecule has 0 heterocycles. The van der Waals surface area contributed by atoms with E-state index in [2.05, 4.69) is 16.9 Å². The van der Waals surface area contributed by atoms with Crippen molar-refractivity contribution < 1.29 is 4.79 Å². The van der Waals surface area contributed by atoms with Crippen LogP contribution in [0.3, 0.4) is 0 Å². The summed E-state index contributed by atoms with van der Waals surface area (Å²) in [6.45, 7) is 3.63. The van der Waals surface area contributed by atoms with Crippen LogP contribution in [0.4, 0.5) is 5.69 Å². The van der Waals surface area contributed by atoms with E-state index in [9.17, 15) is 4.79 Å². The molecule has 0 atom stereocenters. The van der Waals surface area contributed by atoms with E-state index in [-0.39, 0.29) is 10.7 Å². The number of hydrogen-bond acceptors (Lipinski definition) is 3. The molecule has 0 unspecified atom stereocenters. The van der Waals surface area contributed by atoms with Crippen LogP contribution in [0.2, 0.25) is 0 Å². The second-order valence-corrected chi connectivity index (χ2v) is 6.63. The van der Waals surface area contributed by atoms with Gasteiger partial charge in [0.15, 0.2) is 0 Å². The molecule has 2 rings (SSSR count). The number of benzene rings is 1. The predicted octanol–water partition coefficient (Wildman–Crippen LogP) is 3.52. The maximum absolute atomic E-state index is 12.4. The zero-order valence-corrected chi connectivity index (χ0v) is 13.2. The van der Waals surface area contributed by atoms with Gasteiger partial charge in [-0.1, -0.05) is 25.0 Å². The summed E-state index contributed by atoms with van der Waals surface area (Å²) >= 11 is 1.90. The summed E-state index contributed by atoms with van der Waals surface area (Å²) in [5.41, 5.74) is 1.65. The molecule has 20 heavy (non-hydrogen) atoms. The van der Waals surface area contributed by atoms with E-state index in [1.54, 1.807) is 0 Å². The molecule has 3 nitrogen and oxygen atoms in total. The number of amides is 1. The van der Waals surface area contributed by atoms with Gasteiger partial charge in [-0.25, -0.2) is 0 Å². The fraction of sp³-hybridized carbons (Fsp3) is 0.562. The van der Waals surface area contributed by atoms with Crippen LogP contribution >= 0.6 is 11.8 Å². The van der Waals surface area contributed by atoms with E-state index in [0.29, 0.717) is 0 Å². The topological polar surface area (TPSA) is 41.1 Å². The number of carbonyl (C=O) groups excluding carboxylic acids is 1. The average molecular weight is 292 g/mol. The molecule has 1 aliphatic rings. The highest BCUT2D eigenvalue weighted by atomic mass is 32.2. The number of thioether (sulfide) groups is 1. The summed E-state index contributed by atoms with van der Waals surface area (Å²) in [5, 5.41) is 6.37. The van der Waals surface area contributed by atoms with Gasteiger partial charge in [-0.3, -0.25) is 4.79 Å². The summed E-state index contributed by atoms with van der Waals surface area (Å²) in [6, 6.07) is 7.71. The van der Waals surface area contributed by atoms with Gasteiger partial charge in [0.2, 0.25) is 0 Å². The van der Waals surface area contributed by atoms with Crippen LogP contribution in [0.25, 0.3) is 0 Å². The van der Waals surface area contributed by atoms with Crippen molar-refractivity contribution in [2.45, 2.75) is 37.4 Å². The lowest BCUT2D eigenvalue weighted by Crippen LogP contribution is -2.38. The van der Waals surface area contributed by atoms with Crippen LogP contribution in [-0.2, 0) is 0 Å². The molecule has 1 aliphatic carbocycles. The monoisotopic (exact) mass is 292 g/mol. The molecule has 0 aromatic heterocycles. The summed E-state index contributed by atoms with van der Waals surface area (Å²) in [6.07, 6.45) is 7.14. The minimum Gasteiger partial charge on any atom is -0.385 e. The number of anilines is 1. The van der Waals surface area contributed by atoms with Gasteiger partial charge < -0.3 is 10.6 Å². The normalized spacial score (nSPS) is 16.9. The van der Waals surface area contributed by atoms with Crippen molar-refractivity contribution in [1.82, 2.24) is 5.32 Å². The summed E-state index contributed by atoms with van der Waals surface area (Å²) in [4.78, 5) is 12.4. The first-order chi connectivity index (χ1) is 9.71. The Morgan fingerprint density at radius 2 is 2.00 bits per heavy atom. The van der Waals surface area contributed by atoms with Crippen molar-refractivity contribution in [2.75, 3.05) is 24.7 Å². The molecule has 2 N–H and O–H groups in total. The molecule has 1 aromatic rings. The molecule has 0 aliphatic heterocycles. The molecule has 110 valence electrons. The van der Waals surface area contributed by atoms with Crippen molar-refractivity contribution >= 4 is 23.4 Å². The van der Waals surface area contributed by atoms with E-state index >= 15 is 0 Å². The Morgan fingerprint density at radius 3 is 2.65 bits per heavy atom. The highest BCUT2D eigenvalue weighted by Crippen LogP contribution is 2.39. The third-order valence-electron chi connectivity index (χ3n) is 4.06. The summed E-state index contributed by atoms with van der Waals surface area (Å²) < 4.78 is 0.253. The van der Waals surface area contributed by atoms with Crippen molar-refractivity contribution in [3.63, 3.8) is 0 Å². The third-order valence-corrected chi connectivity index (χ3v) is 5.48. The van der Waals surface area contributed by atoms with Gasteiger partial charge in [-0.15, -0.1) is 0 Å². The van der Waals surface area contributed by atoms with Crippen molar-refractivity contribution in [3.05, 3.63) is 29.8 Å². The van der Waals surface area contributed by atoms with Crippen LogP contribution in [0, 0.1) is 0 Å². The van der Waals surface area contributed by atoms with Crippen LogP contribution in [0.5, 0.6) is 0 Å². The van der Waals surface area contributed by atoms with E-state index in [1.165, 1.54) is 25.7 Å². The number of para-hydroxylation sites is 1. The first kappa shape index (κ1) is 15.2. The molecule has 1 fully saturated rings. The molecule has 1 saturated carbocycles. The largest absolute Gasteiger partial charge is 0.385 e. The fourth-order valence-electron chi connectivity index (χ4n) is 2.83. The smallest absolute Gasteiger partial charge is 0.253 e. The standard InChI is InChI=1S/C16H24N2OS/c1-3-17-14-9-5-4-8-13(14)15(19)18-12-16(20-2)10-6-7-11-16/h4-5,8-9,17H,3,6-7,10-12H2,1-2H3,(H,18,19). The maximum Gasteiger partial charge on any atom is 0.253 e. The fourth-order valence-corrected chi connectivity index (χ4v) is 3.75. The van der Waals surface area contributed by atoms with E-state index in [1.807, 2.05) is 43.0 Å². The van der Waals surface area contributed by atoms with Crippen molar-refractivity contribution in [2.24, 2.45) is 0 Å². The van der Waals surface area contributed by atoms with Crippen LogP contribution in [0.1, 0.15) is 43.0 Å². The van der Waals surface area contributed by atoms with Gasteiger partial charge in [0.05, 0.1) is 5.56 Å². The van der Waals surface area contributed by atoms with Gasteiger partial charge in [0.1, 0.15) is 0 Å². The number of nitrogens with one attached hydrogen (secondary N) is 2. The summed E-state index contributed by atoms with van der Waals surface area (Å²) in [5.74, 6) is 0.0295. The first-order valence-corrected chi connectivity index (χ1v) is 8.59. The first-order valence-electron chi connectivity index (χ1n) is 7.37. The molecule has 0 radical (unpaired) electrons. The Morgan fingerprint density at radius 1 is 1.30 bits per heavy atom. The van der Waals surface area contributed by atoms with E-state index in [4.69, 9.17) is 0 Å².